The quantitative estimate of drug-likeness (QED) is 0.451. The Morgan fingerprint density at radius 1 is 1.36 bits per heavy atom. The standard InChI is InChI=1S/C9H16O2/c1-6-7-8(10-5)11-9(2,3)4/h6H,1-5H3. The van der Waals surface area contributed by atoms with Gasteiger partial charge in [-0.2, -0.15) is 0 Å². The average Bonchev–Trinajstić information content (AvgIpc) is 1.84. The second-order valence-electron chi connectivity index (χ2n) is 3.14. The molecule has 0 aliphatic rings. The lowest BCUT2D eigenvalue weighted by Crippen LogP contribution is -2.18. The van der Waals surface area contributed by atoms with E-state index in [2.05, 4.69) is 5.73 Å². The summed E-state index contributed by atoms with van der Waals surface area (Å²) >= 11 is 0. The Labute approximate surface area is 68.5 Å². The maximum absolute atomic E-state index is 5.38. The highest BCUT2D eigenvalue weighted by molar-refractivity contribution is 4.85. The topological polar surface area (TPSA) is 18.5 Å². The van der Waals surface area contributed by atoms with Gasteiger partial charge in [-0.05, 0) is 39.5 Å². The number of ether oxygens (including phenoxy) is 2. The van der Waals surface area contributed by atoms with Crippen LogP contribution in [0, 0.1) is 0 Å². The Bertz CT molecular complexity index is 168. The van der Waals surface area contributed by atoms with Crippen molar-refractivity contribution in [3.05, 3.63) is 17.8 Å². The van der Waals surface area contributed by atoms with E-state index in [1.807, 2.05) is 27.7 Å². The van der Waals surface area contributed by atoms with Gasteiger partial charge < -0.3 is 9.47 Å². The van der Waals surface area contributed by atoms with Crippen LogP contribution < -0.4 is 0 Å². The van der Waals surface area contributed by atoms with Gasteiger partial charge in [0.2, 0.25) is 0 Å². The van der Waals surface area contributed by atoms with Crippen molar-refractivity contribution in [2.24, 2.45) is 0 Å². The highest BCUT2D eigenvalue weighted by atomic mass is 16.7. The van der Waals surface area contributed by atoms with Gasteiger partial charge in [0.25, 0.3) is 0 Å². The summed E-state index contributed by atoms with van der Waals surface area (Å²) in [6.45, 7) is 7.75. The fraction of sp³-hybridized carbons (Fsp3) is 0.667. The summed E-state index contributed by atoms with van der Waals surface area (Å²) in [5, 5.41) is 0. The fourth-order valence-corrected chi connectivity index (χ4v) is 0.526. The van der Waals surface area contributed by atoms with E-state index in [0.717, 1.165) is 0 Å². The van der Waals surface area contributed by atoms with E-state index in [1.54, 1.807) is 13.2 Å². The lowest BCUT2D eigenvalue weighted by molar-refractivity contribution is -0.0294. The van der Waals surface area contributed by atoms with Crippen molar-refractivity contribution in [3.63, 3.8) is 0 Å². The van der Waals surface area contributed by atoms with Crippen molar-refractivity contribution >= 4 is 0 Å². The maximum atomic E-state index is 5.38. The molecule has 0 aliphatic heterocycles. The van der Waals surface area contributed by atoms with Crippen LogP contribution in [0.1, 0.15) is 27.7 Å². The zero-order valence-electron chi connectivity index (χ0n) is 7.89. The molecule has 0 saturated carbocycles. The van der Waals surface area contributed by atoms with Crippen LogP contribution in [-0.2, 0) is 9.47 Å². The molecule has 0 amide bonds. The molecule has 11 heavy (non-hydrogen) atoms. The third kappa shape index (κ3) is 5.56. The molecular weight excluding hydrogens is 140 g/mol. The monoisotopic (exact) mass is 156 g/mol. The number of methoxy groups -OCH3 is 1. The lowest BCUT2D eigenvalue weighted by atomic mass is 10.2. The first-order chi connectivity index (χ1) is 4.99. The second kappa shape index (κ2) is 4.09. The van der Waals surface area contributed by atoms with Crippen LogP contribution in [-0.4, -0.2) is 12.7 Å². The fourth-order valence-electron chi connectivity index (χ4n) is 0.526. The molecule has 2 heteroatoms. The van der Waals surface area contributed by atoms with Crippen LogP contribution in [0.15, 0.2) is 17.8 Å². The molecular formula is C9H16O2. The number of rotatable bonds is 2. The first kappa shape index (κ1) is 10.1. The molecule has 0 rings (SSSR count). The molecule has 0 bridgehead atoms. The number of hydrogen-bond acceptors (Lipinski definition) is 2. The minimum atomic E-state index is -0.221. The van der Waals surface area contributed by atoms with E-state index in [-0.39, 0.29) is 5.60 Å². The Balaban J connectivity index is 4.23. The van der Waals surface area contributed by atoms with E-state index in [9.17, 15) is 0 Å². The van der Waals surface area contributed by atoms with Crippen molar-refractivity contribution in [1.82, 2.24) is 0 Å². The summed E-state index contributed by atoms with van der Waals surface area (Å²) in [5.74, 6) is 0.431. The Morgan fingerprint density at radius 2 is 1.91 bits per heavy atom. The van der Waals surface area contributed by atoms with Crippen molar-refractivity contribution in [2.45, 2.75) is 33.3 Å². The molecule has 0 N–H and O–H groups in total. The molecule has 0 aliphatic carbocycles. The maximum Gasteiger partial charge on any atom is 0.327 e. The third-order valence-corrected chi connectivity index (χ3v) is 0.846. The molecule has 0 saturated heterocycles. The molecule has 0 radical (unpaired) electrons. The van der Waals surface area contributed by atoms with Crippen LogP contribution >= 0.6 is 0 Å². The predicted molar refractivity (Wildman–Crippen MR) is 45.1 cm³/mol. The number of allylic oxidation sites excluding steroid dienone is 1. The average molecular weight is 156 g/mol. The molecule has 0 atom stereocenters. The molecule has 0 fully saturated rings. The van der Waals surface area contributed by atoms with Crippen LogP contribution in [0.25, 0.3) is 0 Å². The molecule has 0 spiro atoms. The molecule has 0 aromatic heterocycles. The van der Waals surface area contributed by atoms with Crippen molar-refractivity contribution < 1.29 is 9.47 Å². The van der Waals surface area contributed by atoms with Crippen LogP contribution in [0.2, 0.25) is 0 Å². The van der Waals surface area contributed by atoms with Gasteiger partial charge in [0.05, 0.1) is 7.11 Å². The van der Waals surface area contributed by atoms with E-state index >= 15 is 0 Å². The minimum Gasteiger partial charge on any atom is -0.463 e. The number of hydrogen-bond donors (Lipinski definition) is 0. The lowest BCUT2D eigenvalue weighted by Gasteiger charge is -2.20. The van der Waals surface area contributed by atoms with E-state index in [0.29, 0.717) is 5.95 Å². The summed E-state index contributed by atoms with van der Waals surface area (Å²) in [7, 11) is 1.57. The second-order valence-corrected chi connectivity index (χ2v) is 3.14. The molecule has 64 valence electrons. The summed E-state index contributed by atoms with van der Waals surface area (Å²) in [5.41, 5.74) is 2.62. The Hall–Kier alpha value is -0.880. The van der Waals surface area contributed by atoms with Gasteiger partial charge in [0.1, 0.15) is 5.60 Å². The first-order valence-corrected chi connectivity index (χ1v) is 3.64. The van der Waals surface area contributed by atoms with Crippen LogP contribution in [0.5, 0.6) is 0 Å². The summed E-state index contributed by atoms with van der Waals surface area (Å²) < 4.78 is 10.3. The molecule has 2 nitrogen and oxygen atoms in total. The van der Waals surface area contributed by atoms with Crippen molar-refractivity contribution in [3.8, 4) is 0 Å². The third-order valence-electron chi connectivity index (χ3n) is 0.846. The van der Waals surface area contributed by atoms with Crippen LogP contribution in [0.4, 0.5) is 0 Å². The Morgan fingerprint density at radius 3 is 2.18 bits per heavy atom. The van der Waals surface area contributed by atoms with Gasteiger partial charge in [-0.3, -0.25) is 0 Å². The Kier molecular flexibility index (Phi) is 3.77. The van der Waals surface area contributed by atoms with E-state index in [4.69, 9.17) is 9.47 Å². The normalized spacial score (nSPS) is 9.91. The summed E-state index contributed by atoms with van der Waals surface area (Å²) in [6, 6.07) is 0. The highest BCUT2D eigenvalue weighted by Crippen LogP contribution is 2.12. The molecule has 0 aromatic carbocycles. The minimum absolute atomic E-state index is 0.221. The van der Waals surface area contributed by atoms with Gasteiger partial charge in [-0.15, -0.1) is 0 Å². The summed E-state index contributed by atoms with van der Waals surface area (Å²) in [6.07, 6.45) is 1.75. The predicted octanol–water partition coefficient (Wildman–Crippen LogP) is 2.46. The van der Waals surface area contributed by atoms with Gasteiger partial charge in [0.15, 0.2) is 0 Å². The molecule has 0 aromatic rings. The summed E-state index contributed by atoms with van der Waals surface area (Å²) in [4.78, 5) is 0. The van der Waals surface area contributed by atoms with Crippen molar-refractivity contribution in [1.29, 1.82) is 0 Å². The molecule has 0 unspecified atom stereocenters. The largest absolute Gasteiger partial charge is 0.463 e. The van der Waals surface area contributed by atoms with Crippen LogP contribution in [0.3, 0.4) is 0 Å². The van der Waals surface area contributed by atoms with E-state index < -0.39 is 0 Å². The van der Waals surface area contributed by atoms with Gasteiger partial charge >= 0.3 is 5.95 Å². The first-order valence-electron chi connectivity index (χ1n) is 3.64. The molecule has 0 heterocycles. The van der Waals surface area contributed by atoms with Gasteiger partial charge in [-0.1, -0.05) is 0 Å². The zero-order chi connectivity index (χ0) is 8.91. The smallest absolute Gasteiger partial charge is 0.327 e. The van der Waals surface area contributed by atoms with Gasteiger partial charge in [-0.25, -0.2) is 0 Å². The van der Waals surface area contributed by atoms with Crippen molar-refractivity contribution in [2.75, 3.05) is 7.11 Å². The van der Waals surface area contributed by atoms with Gasteiger partial charge in [0, 0.05) is 0 Å². The zero-order valence-corrected chi connectivity index (χ0v) is 7.89. The highest BCUT2D eigenvalue weighted by Gasteiger charge is 2.12. The SMILES string of the molecule is CC=C=C(OC)OC(C)(C)C. The van der Waals surface area contributed by atoms with E-state index in [1.165, 1.54) is 0 Å².